The summed E-state index contributed by atoms with van der Waals surface area (Å²) in [6, 6.07) is 0.424. The molecule has 1 saturated carbocycles. The van der Waals surface area contributed by atoms with Gasteiger partial charge in [0.1, 0.15) is 18.2 Å². The van der Waals surface area contributed by atoms with Crippen molar-refractivity contribution in [2.45, 2.75) is 44.8 Å². The third kappa shape index (κ3) is 3.03. The highest BCUT2D eigenvalue weighted by Crippen LogP contribution is 2.24. The summed E-state index contributed by atoms with van der Waals surface area (Å²) < 4.78 is 6.77. The molecule has 1 atom stereocenters. The number of aromatic nitrogens is 3. The Labute approximate surface area is 100 Å². The Hall–Kier alpha value is -1.43. The fourth-order valence-electron chi connectivity index (χ4n) is 1.78. The van der Waals surface area contributed by atoms with Crippen molar-refractivity contribution in [1.82, 2.24) is 20.1 Å². The smallest absolute Gasteiger partial charge is 0.327 e. The van der Waals surface area contributed by atoms with Crippen molar-refractivity contribution in [2.75, 3.05) is 6.61 Å². The Kier molecular flexibility index (Phi) is 3.42. The Morgan fingerprint density at radius 3 is 2.94 bits per heavy atom. The zero-order chi connectivity index (χ0) is 12.3. The summed E-state index contributed by atoms with van der Waals surface area (Å²) in [4.78, 5) is 15.9. The number of ether oxygens (including phenoxy) is 1. The van der Waals surface area contributed by atoms with Crippen LogP contribution in [-0.2, 0) is 16.1 Å². The van der Waals surface area contributed by atoms with Crippen LogP contribution in [0.25, 0.3) is 0 Å². The topological polar surface area (TPSA) is 69.0 Å². The number of hydrogen-bond donors (Lipinski definition) is 1. The Morgan fingerprint density at radius 1 is 1.65 bits per heavy atom. The van der Waals surface area contributed by atoms with Gasteiger partial charge in [-0.1, -0.05) is 0 Å². The van der Waals surface area contributed by atoms with Gasteiger partial charge in [0.05, 0.1) is 13.2 Å². The molecule has 1 heterocycles. The number of carbonyl (C=O) groups is 1. The first-order valence-corrected chi connectivity index (χ1v) is 5.91. The maximum atomic E-state index is 12.0. The SMILES string of the molecule is CCOC(=O)C(C)(Cn1cncn1)NC1CC1. The number of carbonyl (C=O) groups excluding carboxylic acids is 1. The van der Waals surface area contributed by atoms with Crippen LogP contribution in [0.2, 0.25) is 0 Å². The summed E-state index contributed by atoms with van der Waals surface area (Å²) >= 11 is 0. The van der Waals surface area contributed by atoms with Crippen molar-refractivity contribution in [3.63, 3.8) is 0 Å². The molecule has 1 aromatic rings. The van der Waals surface area contributed by atoms with Gasteiger partial charge in [-0.15, -0.1) is 0 Å². The van der Waals surface area contributed by atoms with Crippen LogP contribution in [0.3, 0.4) is 0 Å². The second-order valence-corrected chi connectivity index (χ2v) is 4.56. The summed E-state index contributed by atoms with van der Waals surface area (Å²) in [5.41, 5.74) is -0.731. The second kappa shape index (κ2) is 4.83. The van der Waals surface area contributed by atoms with Crippen LogP contribution in [0.1, 0.15) is 26.7 Å². The maximum Gasteiger partial charge on any atom is 0.327 e. The molecule has 0 bridgehead atoms. The van der Waals surface area contributed by atoms with Gasteiger partial charge in [0.2, 0.25) is 0 Å². The van der Waals surface area contributed by atoms with Gasteiger partial charge in [-0.3, -0.25) is 10.00 Å². The monoisotopic (exact) mass is 238 g/mol. The van der Waals surface area contributed by atoms with E-state index in [-0.39, 0.29) is 5.97 Å². The van der Waals surface area contributed by atoms with Crippen molar-refractivity contribution in [3.05, 3.63) is 12.7 Å². The van der Waals surface area contributed by atoms with E-state index in [1.54, 1.807) is 11.0 Å². The van der Waals surface area contributed by atoms with Crippen molar-refractivity contribution in [3.8, 4) is 0 Å². The fraction of sp³-hybridized carbons (Fsp3) is 0.727. The maximum absolute atomic E-state index is 12.0. The molecule has 1 aliphatic carbocycles. The molecule has 6 heteroatoms. The molecule has 17 heavy (non-hydrogen) atoms. The highest BCUT2D eigenvalue weighted by atomic mass is 16.5. The number of nitrogens with one attached hydrogen (secondary N) is 1. The summed E-state index contributed by atoms with van der Waals surface area (Å²) in [6.07, 6.45) is 5.30. The molecular formula is C11H18N4O2. The van der Waals surface area contributed by atoms with Crippen molar-refractivity contribution < 1.29 is 9.53 Å². The molecule has 0 aliphatic heterocycles. The van der Waals surface area contributed by atoms with E-state index >= 15 is 0 Å². The average molecular weight is 238 g/mol. The van der Waals surface area contributed by atoms with Crippen LogP contribution in [0, 0.1) is 0 Å². The minimum Gasteiger partial charge on any atom is -0.465 e. The Balaban J connectivity index is 2.07. The Bertz CT molecular complexity index is 375. The quantitative estimate of drug-likeness (QED) is 0.724. The van der Waals surface area contributed by atoms with Gasteiger partial charge in [-0.2, -0.15) is 5.10 Å². The molecule has 0 radical (unpaired) electrons. The second-order valence-electron chi connectivity index (χ2n) is 4.56. The first kappa shape index (κ1) is 12.0. The molecule has 0 spiro atoms. The van der Waals surface area contributed by atoms with Crippen LogP contribution in [0.5, 0.6) is 0 Å². The minimum atomic E-state index is -0.731. The molecule has 2 rings (SSSR count). The lowest BCUT2D eigenvalue weighted by Gasteiger charge is -2.28. The molecule has 0 amide bonds. The summed E-state index contributed by atoms with van der Waals surface area (Å²) in [5, 5.41) is 7.36. The molecule has 0 saturated heterocycles. The van der Waals surface area contributed by atoms with E-state index in [0.29, 0.717) is 19.2 Å². The third-order valence-electron chi connectivity index (χ3n) is 2.77. The van der Waals surface area contributed by atoms with E-state index in [9.17, 15) is 4.79 Å². The summed E-state index contributed by atoms with van der Waals surface area (Å²) in [5.74, 6) is -0.234. The number of nitrogens with zero attached hydrogens (tertiary/aromatic N) is 3. The fourth-order valence-corrected chi connectivity index (χ4v) is 1.78. The molecular weight excluding hydrogens is 220 g/mol. The molecule has 1 aromatic heterocycles. The molecule has 1 N–H and O–H groups in total. The van der Waals surface area contributed by atoms with Gasteiger partial charge in [0.25, 0.3) is 0 Å². The van der Waals surface area contributed by atoms with Crippen LogP contribution in [0.4, 0.5) is 0 Å². The minimum absolute atomic E-state index is 0.234. The first-order chi connectivity index (χ1) is 8.14. The predicted molar refractivity (Wildman–Crippen MR) is 61.2 cm³/mol. The highest BCUT2D eigenvalue weighted by Gasteiger charge is 2.40. The van der Waals surface area contributed by atoms with Gasteiger partial charge in [-0.05, 0) is 26.7 Å². The molecule has 0 aromatic carbocycles. The lowest BCUT2D eigenvalue weighted by atomic mass is 10.0. The van der Waals surface area contributed by atoms with Gasteiger partial charge in [-0.25, -0.2) is 9.78 Å². The van der Waals surface area contributed by atoms with Gasteiger partial charge in [0, 0.05) is 6.04 Å². The molecule has 1 aliphatic rings. The highest BCUT2D eigenvalue weighted by molar-refractivity contribution is 5.80. The predicted octanol–water partition coefficient (Wildman–Crippen LogP) is 0.352. The zero-order valence-electron chi connectivity index (χ0n) is 10.2. The zero-order valence-corrected chi connectivity index (χ0v) is 10.2. The standard InChI is InChI=1S/C11H18N4O2/c1-3-17-10(16)11(2,14-9-4-5-9)6-15-8-12-7-13-15/h7-9,14H,3-6H2,1-2H3. The average Bonchev–Trinajstić information content (AvgIpc) is 2.93. The molecule has 1 unspecified atom stereocenters. The molecule has 94 valence electrons. The van der Waals surface area contributed by atoms with Crippen molar-refractivity contribution >= 4 is 5.97 Å². The first-order valence-electron chi connectivity index (χ1n) is 5.91. The van der Waals surface area contributed by atoms with Gasteiger partial charge >= 0.3 is 5.97 Å². The lowest BCUT2D eigenvalue weighted by molar-refractivity contribution is -0.151. The van der Waals surface area contributed by atoms with E-state index in [0.717, 1.165) is 12.8 Å². The van der Waals surface area contributed by atoms with E-state index in [4.69, 9.17) is 4.74 Å². The van der Waals surface area contributed by atoms with Crippen LogP contribution < -0.4 is 5.32 Å². The number of esters is 1. The van der Waals surface area contributed by atoms with E-state index in [1.807, 2.05) is 13.8 Å². The molecule has 6 nitrogen and oxygen atoms in total. The third-order valence-corrected chi connectivity index (χ3v) is 2.77. The van der Waals surface area contributed by atoms with Crippen LogP contribution in [0.15, 0.2) is 12.7 Å². The summed E-state index contributed by atoms with van der Waals surface area (Å²) in [6.45, 7) is 4.48. The van der Waals surface area contributed by atoms with E-state index in [2.05, 4.69) is 15.4 Å². The number of rotatable bonds is 6. The van der Waals surface area contributed by atoms with Crippen molar-refractivity contribution in [2.24, 2.45) is 0 Å². The van der Waals surface area contributed by atoms with Gasteiger partial charge < -0.3 is 4.74 Å². The summed E-state index contributed by atoms with van der Waals surface area (Å²) in [7, 11) is 0. The number of hydrogen-bond acceptors (Lipinski definition) is 5. The van der Waals surface area contributed by atoms with Crippen molar-refractivity contribution in [1.29, 1.82) is 0 Å². The van der Waals surface area contributed by atoms with Crippen LogP contribution in [-0.4, -0.2) is 38.9 Å². The largest absolute Gasteiger partial charge is 0.465 e. The van der Waals surface area contributed by atoms with Gasteiger partial charge in [0.15, 0.2) is 0 Å². The Morgan fingerprint density at radius 2 is 2.41 bits per heavy atom. The van der Waals surface area contributed by atoms with E-state index in [1.165, 1.54) is 6.33 Å². The van der Waals surface area contributed by atoms with E-state index < -0.39 is 5.54 Å². The normalized spacial score (nSPS) is 18.7. The molecule has 1 fully saturated rings. The van der Waals surface area contributed by atoms with Crippen LogP contribution >= 0.6 is 0 Å². The lowest BCUT2D eigenvalue weighted by Crippen LogP contribution is -2.54.